The molecule has 5 nitrogen and oxygen atoms in total. The number of carbonyl (C=O) groups is 1. The molecule has 0 N–H and O–H groups in total. The van der Waals surface area contributed by atoms with E-state index in [9.17, 15) is 4.79 Å². The SMILES string of the molecule is COC(=O)C(CN1CCC(C)C1)c1cc(Cl)cc(C#N)c1.C[B]c1ccc(OC)cc1. The summed E-state index contributed by atoms with van der Waals surface area (Å²) in [4.78, 5) is 14.4. The predicted octanol–water partition coefficient (Wildman–Crippen LogP) is 3.88. The smallest absolute Gasteiger partial charge is 0.314 e. The maximum atomic E-state index is 12.1. The van der Waals surface area contributed by atoms with Gasteiger partial charge >= 0.3 is 5.97 Å². The van der Waals surface area contributed by atoms with Crippen molar-refractivity contribution in [3.8, 4) is 11.8 Å². The van der Waals surface area contributed by atoms with E-state index in [0.29, 0.717) is 23.0 Å². The average molecular weight is 440 g/mol. The van der Waals surface area contributed by atoms with Crippen LogP contribution in [0.3, 0.4) is 0 Å². The number of carbonyl (C=O) groups excluding carboxylic acids is 1. The Balaban J connectivity index is 0.000000285. The molecule has 0 spiro atoms. The van der Waals surface area contributed by atoms with Crippen LogP contribution < -0.4 is 10.2 Å². The predicted molar refractivity (Wildman–Crippen MR) is 125 cm³/mol. The molecule has 7 heteroatoms. The zero-order valence-electron chi connectivity index (χ0n) is 18.6. The van der Waals surface area contributed by atoms with Crippen molar-refractivity contribution in [1.82, 2.24) is 4.90 Å². The van der Waals surface area contributed by atoms with Crippen molar-refractivity contribution in [2.45, 2.75) is 26.1 Å². The molecule has 0 bridgehead atoms. The third-order valence-electron chi connectivity index (χ3n) is 5.34. The molecule has 1 aliphatic heterocycles. The topological polar surface area (TPSA) is 62.6 Å². The number of benzene rings is 2. The van der Waals surface area contributed by atoms with E-state index in [1.165, 1.54) is 12.6 Å². The highest BCUT2D eigenvalue weighted by atomic mass is 35.5. The molecule has 0 amide bonds. The fraction of sp³-hybridized carbons (Fsp3) is 0.417. The normalized spacial score (nSPS) is 16.5. The summed E-state index contributed by atoms with van der Waals surface area (Å²) < 4.78 is 9.93. The lowest BCUT2D eigenvalue weighted by atomic mass is 9.73. The van der Waals surface area contributed by atoms with Gasteiger partial charge in [0.2, 0.25) is 0 Å². The summed E-state index contributed by atoms with van der Waals surface area (Å²) in [5.74, 6) is 0.856. The summed E-state index contributed by atoms with van der Waals surface area (Å²) in [6.07, 6.45) is 1.15. The Kier molecular flexibility index (Phi) is 9.90. The first-order valence-corrected chi connectivity index (χ1v) is 10.7. The van der Waals surface area contributed by atoms with E-state index >= 15 is 0 Å². The summed E-state index contributed by atoms with van der Waals surface area (Å²) >= 11 is 6.04. The van der Waals surface area contributed by atoms with Crippen molar-refractivity contribution in [2.75, 3.05) is 33.9 Å². The maximum absolute atomic E-state index is 12.1. The van der Waals surface area contributed by atoms with Gasteiger partial charge < -0.3 is 14.4 Å². The van der Waals surface area contributed by atoms with Gasteiger partial charge in [-0.15, -0.1) is 0 Å². The first kappa shape index (κ1) is 24.8. The van der Waals surface area contributed by atoms with Crippen LogP contribution in [0.2, 0.25) is 11.8 Å². The highest BCUT2D eigenvalue weighted by molar-refractivity contribution is 6.51. The molecule has 163 valence electrons. The number of nitrogens with zero attached hydrogens (tertiary/aromatic N) is 2. The van der Waals surface area contributed by atoms with Crippen molar-refractivity contribution in [2.24, 2.45) is 5.92 Å². The Labute approximate surface area is 191 Å². The summed E-state index contributed by atoms with van der Waals surface area (Å²) in [6.45, 7) is 6.80. The molecule has 1 saturated heterocycles. The van der Waals surface area contributed by atoms with E-state index in [0.717, 1.165) is 30.8 Å². The first-order valence-electron chi connectivity index (χ1n) is 10.3. The van der Waals surface area contributed by atoms with Gasteiger partial charge in [0.25, 0.3) is 0 Å². The molecular weight excluding hydrogens is 411 g/mol. The minimum absolute atomic E-state index is 0.291. The van der Waals surface area contributed by atoms with Crippen LogP contribution in [0.4, 0.5) is 0 Å². The molecule has 1 aliphatic rings. The van der Waals surface area contributed by atoms with Crippen molar-refractivity contribution in [1.29, 1.82) is 5.26 Å². The van der Waals surface area contributed by atoms with Gasteiger partial charge in [-0.2, -0.15) is 5.26 Å². The van der Waals surface area contributed by atoms with Crippen LogP contribution in [-0.4, -0.2) is 52.0 Å². The average Bonchev–Trinajstić information content (AvgIpc) is 3.21. The molecule has 1 radical (unpaired) electrons. The van der Waals surface area contributed by atoms with E-state index in [1.54, 1.807) is 25.3 Å². The molecule has 0 aromatic heterocycles. The lowest BCUT2D eigenvalue weighted by Gasteiger charge is -2.22. The Bertz CT molecular complexity index is 876. The van der Waals surface area contributed by atoms with Crippen LogP contribution in [0, 0.1) is 17.2 Å². The lowest BCUT2D eigenvalue weighted by molar-refractivity contribution is -0.142. The largest absolute Gasteiger partial charge is 0.497 e. The summed E-state index contributed by atoms with van der Waals surface area (Å²) in [6, 6.07) is 15.1. The number of hydrogen-bond donors (Lipinski definition) is 0. The van der Waals surface area contributed by atoms with E-state index in [2.05, 4.69) is 25.2 Å². The van der Waals surface area contributed by atoms with Gasteiger partial charge in [0.1, 0.15) is 13.0 Å². The lowest BCUT2D eigenvalue weighted by Crippen LogP contribution is -2.31. The molecule has 31 heavy (non-hydrogen) atoms. The first-order chi connectivity index (χ1) is 14.9. The van der Waals surface area contributed by atoms with E-state index in [1.807, 2.05) is 31.1 Å². The Morgan fingerprint density at radius 2 is 2.00 bits per heavy atom. The van der Waals surface area contributed by atoms with Gasteiger partial charge in [-0.1, -0.05) is 42.9 Å². The molecule has 1 fully saturated rings. The second kappa shape index (κ2) is 12.4. The third kappa shape index (κ3) is 7.61. The summed E-state index contributed by atoms with van der Waals surface area (Å²) in [5, 5.41) is 9.51. The second-order valence-electron chi connectivity index (χ2n) is 7.68. The molecule has 2 aromatic carbocycles. The number of rotatable bonds is 6. The number of ether oxygens (including phenoxy) is 2. The maximum Gasteiger partial charge on any atom is 0.314 e. The standard InChI is InChI=1S/C16H19ClN2O2.C8H10BO/c1-11-3-4-19(9-11)10-15(16(20)21-2)13-5-12(8-18)6-14(17)7-13;1-9-7-3-5-8(10-2)6-4-7/h5-7,11,15H,3-4,9-10H2,1-2H3;3-6H,1-2H3. The highest BCUT2D eigenvalue weighted by Gasteiger charge is 2.28. The molecule has 3 rings (SSSR count). The minimum Gasteiger partial charge on any atom is -0.497 e. The Morgan fingerprint density at radius 1 is 1.29 bits per heavy atom. The molecule has 1 heterocycles. The Hall–Kier alpha value is -2.49. The van der Waals surface area contributed by atoms with Crippen LogP contribution >= 0.6 is 11.6 Å². The van der Waals surface area contributed by atoms with Crippen LogP contribution in [0.15, 0.2) is 42.5 Å². The van der Waals surface area contributed by atoms with Crippen LogP contribution in [-0.2, 0) is 9.53 Å². The van der Waals surface area contributed by atoms with Crippen LogP contribution in [0.1, 0.15) is 30.4 Å². The van der Waals surface area contributed by atoms with Gasteiger partial charge in [-0.25, -0.2) is 0 Å². The van der Waals surface area contributed by atoms with E-state index < -0.39 is 5.92 Å². The van der Waals surface area contributed by atoms with Crippen molar-refractivity contribution >= 4 is 30.3 Å². The molecule has 0 saturated carbocycles. The van der Waals surface area contributed by atoms with Crippen LogP contribution in [0.5, 0.6) is 5.75 Å². The molecule has 2 aromatic rings. The van der Waals surface area contributed by atoms with Gasteiger partial charge in [-0.05, 0) is 54.8 Å². The van der Waals surface area contributed by atoms with Gasteiger partial charge in [0, 0.05) is 18.1 Å². The zero-order valence-corrected chi connectivity index (χ0v) is 19.4. The summed E-state index contributed by atoms with van der Waals surface area (Å²) in [5.41, 5.74) is 2.42. The molecular formula is C24H29BClN2O3. The monoisotopic (exact) mass is 439 g/mol. The number of hydrogen-bond acceptors (Lipinski definition) is 5. The van der Waals surface area contributed by atoms with Crippen molar-refractivity contribution in [3.63, 3.8) is 0 Å². The fourth-order valence-electron chi connectivity index (χ4n) is 3.58. The number of halogens is 1. The molecule has 2 unspecified atom stereocenters. The van der Waals surface area contributed by atoms with Gasteiger partial charge in [-0.3, -0.25) is 4.79 Å². The highest BCUT2D eigenvalue weighted by Crippen LogP contribution is 2.26. The number of likely N-dealkylation sites (tertiary alicyclic amines) is 1. The zero-order chi connectivity index (χ0) is 22.8. The number of nitriles is 1. The third-order valence-corrected chi connectivity index (χ3v) is 5.55. The van der Waals surface area contributed by atoms with Crippen LogP contribution in [0.25, 0.3) is 0 Å². The molecule has 0 aliphatic carbocycles. The van der Waals surface area contributed by atoms with E-state index in [4.69, 9.17) is 26.3 Å². The fourth-order valence-corrected chi connectivity index (χ4v) is 3.83. The number of esters is 1. The second-order valence-corrected chi connectivity index (χ2v) is 8.11. The van der Waals surface area contributed by atoms with Gasteiger partial charge in [0.15, 0.2) is 0 Å². The quantitative estimate of drug-likeness (QED) is 0.505. The Morgan fingerprint density at radius 3 is 2.52 bits per heavy atom. The minimum atomic E-state index is -0.411. The van der Waals surface area contributed by atoms with Gasteiger partial charge in [0.05, 0.1) is 31.8 Å². The molecule has 2 atom stereocenters. The van der Waals surface area contributed by atoms with Crippen molar-refractivity contribution < 1.29 is 14.3 Å². The van der Waals surface area contributed by atoms with E-state index in [-0.39, 0.29) is 5.97 Å². The summed E-state index contributed by atoms with van der Waals surface area (Å²) in [7, 11) is 5.11. The van der Waals surface area contributed by atoms with Crippen molar-refractivity contribution in [3.05, 3.63) is 58.6 Å². The number of methoxy groups -OCH3 is 2.